The van der Waals surface area contributed by atoms with E-state index in [1.807, 2.05) is 0 Å². The standard InChI is InChI=1S/C11H6O2/c1-2-8-7-13-10-6-4-3-5-9(10)11(8)12/h1,3-7H. The summed E-state index contributed by atoms with van der Waals surface area (Å²) in [4.78, 5) is 11.6. The van der Waals surface area contributed by atoms with Gasteiger partial charge in [-0.15, -0.1) is 6.42 Å². The molecular formula is C11H6O2. The average Bonchev–Trinajstić information content (AvgIpc) is 2.19. The topological polar surface area (TPSA) is 30.2 Å². The van der Waals surface area contributed by atoms with Crippen molar-refractivity contribution in [1.82, 2.24) is 0 Å². The number of terminal acetylenes is 1. The van der Waals surface area contributed by atoms with Crippen LogP contribution in [0.25, 0.3) is 11.0 Å². The Labute approximate surface area is 74.8 Å². The Balaban J connectivity index is 2.98. The van der Waals surface area contributed by atoms with Crippen LogP contribution in [0.15, 0.2) is 39.7 Å². The summed E-state index contributed by atoms with van der Waals surface area (Å²) in [6, 6.07) is 7.01. The Morgan fingerprint density at radius 3 is 2.85 bits per heavy atom. The minimum absolute atomic E-state index is 0.149. The van der Waals surface area contributed by atoms with Crippen molar-refractivity contribution in [2.45, 2.75) is 0 Å². The number of para-hydroxylation sites is 1. The molecule has 0 aliphatic carbocycles. The second-order valence-corrected chi connectivity index (χ2v) is 2.62. The van der Waals surface area contributed by atoms with Crippen LogP contribution in [0.3, 0.4) is 0 Å². The van der Waals surface area contributed by atoms with Gasteiger partial charge < -0.3 is 4.42 Å². The lowest BCUT2D eigenvalue weighted by molar-refractivity contribution is 0.600. The molecule has 0 bridgehead atoms. The Bertz CT molecular complexity index is 544. The monoisotopic (exact) mass is 170 g/mol. The second kappa shape index (κ2) is 2.80. The van der Waals surface area contributed by atoms with E-state index in [1.54, 1.807) is 24.3 Å². The Kier molecular flexibility index (Phi) is 1.64. The summed E-state index contributed by atoms with van der Waals surface area (Å²) >= 11 is 0. The lowest BCUT2D eigenvalue weighted by atomic mass is 10.2. The van der Waals surface area contributed by atoms with Crippen molar-refractivity contribution in [2.75, 3.05) is 0 Å². The third-order valence-corrected chi connectivity index (χ3v) is 1.84. The third-order valence-electron chi connectivity index (χ3n) is 1.84. The minimum atomic E-state index is -0.149. The van der Waals surface area contributed by atoms with E-state index in [0.717, 1.165) is 0 Å². The fourth-order valence-electron chi connectivity index (χ4n) is 1.18. The first-order valence-electron chi connectivity index (χ1n) is 3.80. The lowest BCUT2D eigenvalue weighted by Gasteiger charge is -1.95. The zero-order valence-electron chi connectivity index (χ0n) is 6.78. The highest BCUT2D eigenvalue weighted by Gasteiger charge is 2.02. The third kappa shape index (κ3) is 1.11. The van der Waals surface area contributed by atoms with Crippen LogP contribution in [0.1, 0.15) is 5.56 Å². The molecule has 1 aromatic carbocycles. The largest absolute Gasteiger partial charge is 0.463 e. The molecule has 0 spiro atoms. The molecule has 2 heteroatoms. The molecule has 62 valence electrons. The van der Waals surface area contributed by atoms with Gasteiger partial charge >= 0.3 is 0 Å². The van der Waals surface area contributed by atoms with Crippen LogP contribution in [-0.4, -0.2) is 0 Å². The first kappa shape index (κ1) is 7.63. The molecule has 0 fully saturated rings. The van der Waals surface area contributed by atoms with E-state index in [0.29, 0.717) is 11.0 Å². The van der Waals surface area contributed by atoms with Crippen LogP contribution >= 0.6 is 0 Å². The van der Waals surface area contributed by atoms with Crippen molar-refractivity contribution < 1.29 is 4.42 Å². The molecule has 0 radical (unpaired) electrons. The van der Waals surface area contributed by atoms with Gasteiger partial charge in [0.2, 0.25) is 5.43 Å². The number of benzene rings is 1. The summed E-state index contributed by atoms with van der Waals surface area (Å²) in [5.74, 6) is 2.28. The molecule has 13 heavy (non-hydrogen) atoms. The van der Waals surface area contributed by atoms with Gasteiger partial charge in [-0.1, -0.05) is 18.1 Å². The fourth-order valence-corrected chi connectivity index (χ4v) is 1.18. The number of fused-ring (bicyclic) bond motifs is 1. The van der Waals surface area contributed by atoms with E-state index in [4.69, 9.17) is 10.8 Å². The molecule has 0 aliphatic heterocycles. The smallest absolute Gasteiger partial charge is 0.208 e. The van der Waals surface area contributed by atoms with E-state index in [2.05, 4.69) is 5.92 Å². The minimum Gasteiger partial charge on any atom is -0.463 e. The van der Waals surface area contributed by atoms with Gasteiger partial charge in [0, 0.05) is 0 Å². The van der Waals surface area contributed by atoms with Crippen LogP contribution in [-0.2, 0) is 0 Å². The quantitative estimate of drug-likeness (QED) is 0.564. The summed E-state index contributed by atoms with van der Waals surface area (Å²) in [7, 11) is 0. The summed E-state index contributed by atoms with van der Waals surface area (Å²) in [5.41, 5.74) is 0.676. The van der Waals surface area contributed by atoms with Crippen LogP contribution in [0.2, 0.25) is 0 Å². The van der Waals surface area contributed by atoms with Crippen LogP contribution in [0.4, 0.5) is 0 Å². The highest BCUT2D eigenvalue weighted by molar-refractivity contribution is 5.77. The van der Waals surface area contributed by atoms with Gasteiger partial charge in [-0.25, -0.2) is 0 Å². The highest BCUT2D eigenvalue weighted by Crippen LogP contribution is 2.09. The van der Waals surface area contributed by atoms with Gasteiger partial charge in [0.25, 0.3) is 0 Å². The average molecular weight is 170 g/mol. The zero-order chi connectivity index (χ0) is 9.26. The zero-order valence-corrected chi connectivity index (χ0v) is 6.78. The van der Waals surface area contributed by atoms with E-state index in [9.17, 15) is 4.79 Å². The summed E-state index contributed by atoms with van der Waals surface area (Å²) in [6.07, 6.45) is 6.44. The van der Waals surface area contributed by atoms with Crippen molar-refractivity contribution >= 4 is 11.0 Å². The van der Waals surface area contributed by atoms with E-state index < -0.39 is 0 Å². The number of rotatable bonds is 0. The number of hydrogen-bond donors (Lipinski definition) is 0. The van der Waals surface area contributed by atoms with Gasteiger partial charge in [-0.3, -0.25) is 4.79 Å². The van der Waals surface area contributed by atoms with Gasteiger partial charge in [0.05, 0.1) is 5.39 Å². The fraction of sp³-hybridized carbons (Fsp3) is 0. The van der Waals surface area contributed by atoms with Crippen LogP contribution in [0, 0.1) is 12.3 Å². The maximum atomic E-state index is 11.6. The molecule has 0 unspecified atom stereocenters. The van der Waals surface area contributed by atoms with Crippen molar-refractivity contribution in [1.29, 1.82) is 0 Å². The predicted octanol–water partition coefficient (Wildman–Crippen LogP) is 1.77. The van der Waals surface area contributed by atoms with Gasteiger partial charge in [-0.05, 0) is 12.1 Å². The van der Waals surface area contributed by atoms with Crippen molar-refractivity contribution in [3.8, 4) is 12.3 Å². The first-order chi connectivity index (χ1) is 6.33. The van der Waals surface area contributed by atoms with Crippen molar-refractivity contribution in [2.24, 2.45) is 0 Å². The molecule has 2 rings (SSSR count). The molecule has 0 amide bonds. The lowest BCUT2D eigenvalue weighted by Crippen LogP contribution is -2.04. The van der Waals surface area contributed by atoms with Crippen molar-refractivity contribution in [3.05, 3.63) is 46.3 Å². The maximum absolute atomic E-state index is 11.6. The number of hydrogen-bond acceptors (Lipinski definition) is 2. The van der Waals surface area contributed by atoms with Crippen molar-refractivity contribution in [3.63, 3.8) is 0 Å². The highest BCUT2D eigenvalue weighted by atomic mass is 16.3. The molecule has 0 saturated carbocycles. The summed E-state index contributed by atoms with van der Waals surface area (Å²) in [6.45, 7) is 0. The first-order valence-corrected chi connectivity index (χ1v) is 3.80. The SMILES string of the molecule is C#Cc1coc2ccccc2c1=O. The predicted molar refractivity (Wildman–Crippen MR) is 50.4 cm³/mol. The molecule has 2 nitrogen and oxygen atoms in total. The van der Waals surface area contributed by atoms with E-state index in [1.165, 1.54) is 6.26 Å². The molecule has 0 saturated heterocycles. The maximum Gasteiger partial charge on any atom is 0.208 e. The molecule has 0 atom stereocenters. The normalized spacial score (nSPS) is 9.77. The van der Waals surface area contributed by atoms with Gasteiger partial charge in [-0.2, -0.15) is 0 Å². The van der Waals surface area contributed by atoms with Gasteiger partial charge in [0.1, 0.15) is 17.4 Å². The Morgan fingerprint density at radius 2 is 2.08 bits per heavy atom. The molecule has 0 aliphatic rings. The van der Waals surface area contributed by atoms with E-state index >= 15 is 0 Å². The van der Waals surface area contributed by atoms with E-state index in [-0.39, 0.29) is 11.0 Å². The molecule has 1 aromatic heterocycles. The Hall–Kier alpha value is -2.01. The second-order valence-electron chi connectivity index (χ2n) is 2.62. The van der Waals surface area contributed by atoms with Crippen LogP contribution < -0.4 is 5.43 Å². The molecular weight excluding hydrogens is 164 g/mol. The summed E-state index contributed by atoms with van der Waals surface area (Å²) in [5, 5.41) is 0.526. The Morgan fingerprint density at radius 1 is 1.31 bits per heavy atom. The molecule has 2 aromatic rings. The van der Waals surface area contributed by atoms with Gasteiger partial charge in [0.15, 0.2) is 0 Å². The summed E-state index contributed by atoms with van der Waals surface area (Å²) < 4.78 is 5.17. The molecule has 0 N–H and O–H groups in total. The van der Waals surface area contributed by atoms with Crippen LogP contribution in [0.5, 0.6) is 0 Å². The molecule has 1 heterocycles.